The predicted molar refractivity (Wildman–Crippen MR) is 76.0 cm³/mol. The van der Waals surface area contributed by atoms with Gasteiger partial charge in [-0.2, -0.15) is 0 Å². The highest BCUT2D eigenvalue weighted by atomic mass is 16.1. The van der Waals surface area contributed by atoms with E-state index in [9.17, 15) is 4.79 Å². The van der Waals surface area contributed by atoms with Crippen LogP contribution >= 0.6 is 0 Å². The second-order valence-corrected chi connectivity index (χ2v) is 5.32. The van der Waals surface area contributed by atoms with Crippen molar-refractivity contribution in [2.75, 3.05) is 25.5 Å². The Bertz CT molecular complexity index is 396. The molecule has 0 fully saturated rings. The Balaban J connectivity index is 2.73. The van der Waals surface area contributed by atoms with Gasteiger partial charge in [0.25, 0.3) is 5.91 Å². The van der Waals surface area contributed by atoms with Crippen molar-refractivity contribution in [1.82, 2.24) is 5.32 Å². The minimum absolute atomic E-state index is 0.0567. The summed E-state index contributed by atoms with van der Waals surface area (Å²) in [4.78, 5) is 14.1. The summed E-state index contributed by atoms with van der Waals surface area (Å²) < 4.78 is 0. The van der Waals surface area contributed by atoms with Gasteiger partial charge in [-0.3, -0.25) is 4.79 Å². The Morgan fingerprint density at radius 3 is 2.28 bits per heavy atom. The second-order valence-electron chi connectivity index (χ2n) is 5.32. The summed E-state index contributed by atoms with van der Waals surface area (Å²) in [6.07, 6.45) is 0.758. The van der Waals surface area contributed by atoms with Crippen LogP contribution in [0.5, 0.6) is 0 Å². The van der Waals surface area contributed by atoms with Crippen LogP contribution in [0.15, 0.2) is 24.3 Å². The van der Waals surface area contributed by atoms with Gasteiger partial charge in [-0.15, -0.1) is 0 Å². The van der Waals surface area contributed by atoms with Crippen molar-refractivity contribution in [3.8, 4) is 0 Å². The third-order valence-corrected chi connectivity index (χ3v) is 2.87. The van der Waals surface area contributed by atoms with Crippen molar-refractivity contribution >= 4 is 11.6 Å². The van der Waals surface area contributed by atoms with Crippen molar-refractivity contribution in [3.63, 3.8) is 0 Å². The lowest BCUT2D eigenvalue weighted by molar-refractivity contribution is 0.0910. The number of nitrogens with zero attached hydrogens (tertiary/aromatic N) is 1. The summed E-state index contributed by atoms with van der Waals surface area (Å²) in [6.45, 7) is 4.52. The molecule has 0 unspecified atom stereocenters. The van der Waals surface area contributed by atoms with E-state index in [2.05, 4.69) is 5.32 Å². The zero-order valence-electron chi connectivity index (χ0n) is 11.7. The van der Waals surface area contributed by atoms with Gasteiger partial charge >= 0.3 is 0 Å². The van der Waals surface area contributed by atoms with Crippen LogP contribution in [0.2, 0.25) is 0 Å². The lowest BCUT2D eigenvalue weighted by Crippen LogP contribution is -2.44. The van der Waals surface area contributed by atoms with Crippen molar-refractivity contribution in [2.45, 2.75) is 25.8 Å². The number of carbonyl (C=O) groups excluding carboxylic acids is 1. The Labute approximate surface area is 109 Å². The zero-order chi connectivity index (χ0) is 13.8. The lowest BCUT2D eigenvalue weighted by atomic mass is 10.00. The summed E-state index contributed by atoms with van der Waals surface area (Å²) in [5, 5.41) is 2.99. The minimum Gasteiger partial charge on any atom is -0.378 e. The van der Waals surface area contributed by atoms with E-state index in [1.165, 1.54) is 0 Å². The average Bonchev–Trinajstić information content (AvgIpc) is 2.28. The Kier molecular flexibility index (Phi) is 4.73. The van der Waals surface area contributed by atoms with Crippen molar-refractivity contribution in [1.29, 1.82) is 0 Å². The fraction of sp³-hybridized carbons (Fsp3) is 0.500. The molecule has 1 rings (SSSR count). The molecule has 1 aromatic carbocycles. The fourth-order valence-electron chi connectivity index (χ4n) is 1.71. The summed E-state index contributed by atoms with van der Waals surface area (Å²) >= 11 is 0. The van der Waals surface area contributed by atoms with Crippen LogP contribution in [0.25, 0.3) is 0 Å². The largest absolute Gasteiger partial charge is 0.378 e. The van der Waals surface area contributed by atoms with Gasteiger partial charge in [0.2, 0.25) is 0 Å². The first-order valence-corrected chi connectivity index (χ1v) is 6.16. The third-order valence-electron chi connectivity index (χ3n) is 2.87. The highest BCUT2D eigenvalue weighted by Crippen LogP contribution is 2.14. The lowest BCUT2D eigenvalue weighted by Gasteiger charge is -2.25. The number of hydrogen-bond donors (Lipinski definition) is 2. The summed E-state index contributed by atoms with van der Waals surface area (Å²) in [5.41, 5.74) is 7.00. The number of nitrogens with two attached hydrogens (primary N) is 1. The van der Waals surface area contributed by atoms with Crippen LogP contribution in [-0.4, -0.2) is 32.1 Å². The highest BCUT2D eigenvalue weighted by molar-refractivity contribution is 5.95. The Morgan fingerprint density at radius 2 is 1.83 bits per heavy atom. The number of rotatable bonds is 5. The van der Waals surface area contributed by atoms with Gasteiger partial charge < -0.3 is 16.0 Å². The molecule has 18 heavy (non-hydrogen) atoms. The van der Waals surface area contributed by atoms with Gasteiger partial charge in [-0.05, 0) is 51.1 Å². The molecule has 0 heterocycles. The first-order valence-electron chi connectivity index (χ1n) is 6.16. The summed E-state index contributed by atoms with van der Waals surface area (Å²) in [6, 6.07) is 7.54. The van der Waals surface area contributed by atoms with E-state index in [-0.39, 0.29) is 11.4 Å². The van der Waals surface area contributed by atoms with Gasteiger partial charge in [0.05, 0.1) is 0 Å². The van der Waals surface area contributed by atoms with Gasteiger partial charge in [0.15, 0.2) is 0 Å². The molecule has 0 aliphatic carbocycles. The molecule has 0 saturated heterocycles. The van der Waals surface area contributed by atoms with E-state index >= 15 is 0 Å². The molecule has 0 radical (unpaired) electrons. The minimum atomic E-state index is -0.272. The first-order chi connectivity index (χ1) is 8.35. The van der Waals surface area contributed by atoms with Gasteiger partial charge in [-0.1, -0.05) is 0 Å². The maximum Gasteiger partial charge on any atom is 0.251 e. The normalized spacial score (nSPS) is 11.2. The Hall–Kier alpha value is -1.55. The molecular weight excluding hydrogens is 226 g/mol. The molecule has 4 heteroatoms. The number of carbonyl (C=O) groups is 1. The molecule has 3 N–H and O–H groups in total. The van der Waals surface area contributed by atoms with E-state index < -0.39 is 0 Å². The maximum absolute atomic E-state index is 12.1. The Morgan fingerprint density at radius 1 is 1.28 bits per heavy atom. The molecule has 0 saturated carbocycles. The second kappa shape index (κ2) is 5.87. The quantitative estimate of drug-likeness (QED) is 0.833. The molecule has 0 aromatic heterocycles. The van der Waals surface area contributed by atoms with Crippen LogP contribution in [0.1, 0.15) is 30.6 Å². The highest BCUT2D eigenvalue weighted by Gasteiger charge is 2.20. The number of hydrogen-bond acceptors (Lipinski definition) is 3. The van der Waals surface area contributed by atoms with E-state index in [4.69, 9.17) is 5.73 Å². The van der Waals surface area contributed by atoms with E-state index in [1.54, 1.807) is 0 Å². The van der Waals surface area contributed by atoms with E-state index in [0.717, 1.165) is 12.1 Å². The van der Waals surface area contributed by atoms with E-state index in [0.29, 0.717) is 12.1 Å². The average molecular weight is 249 g/mol. The first kappa shape index (κ1) is 14.5. The van der Waals surface area contributed by atoms with Gasteiger partial charge in [-0.25, -0.2) is 0 Å². The monoisotopic (exact) mass is 249 g/mol. The van der Waals surface area contributed by atoms with Crippen LogP contribution in [0.4, 0.5) is 5.69 Å². The van der Waals surface area contributed by atoms with E-state index in [1.807, 2.05) is 57.1 Å². The molecular formula is C14H23N3O. The van der Waals surface area contributed by atoms with Crippen molar-refractivity contribution in [3.05, 3.63) is 29.8 Å². The molecule has 100 valence electrons. The van der Waals surface area contributed by atoms with Crippen LogP contribution < -0.4 is 16.0 Å². The number of nitrogens with one attached hydrogen (secondary N) is 1. The van der Waals surface area contributed by atoms with Crippen LogP contribution in [0, 0.1) is 0 Å². The number of anilines is 1. The third kappa shape index (κ3) is 4.04. The van der Waals surface area contributed by atoms with Gasteiger partial charge in [0, 0.05) is 30.9 Å². The molecule has 0 bridgehead atoms. The molecule has 0 atom stereocenters. The van der Waals surface area contributed by atoms with Crippen molar-refractivity contribution in [2.24, 2.45) is 5.73 Å². The SMILES string of the molecule is CN(C)c1ccc(C(=O)NC(C)(C)CCN)cc1. The van der Waals surface area contributed by atoms with Crippen molar-refractivity contribution < 1.29 is 4.79 Å². The predicted octanol–water partition coefficient (Wildman–Crippen LogP) is 1.61. The number of benzene rings is 1. The summed E-state index contributed by atoms with van der Waals surface area (Å²) in [5.74, 6) is -0.0567. The zero-order valence-corrected chi connectivity index (χ0v) is 11.7. The van der Waals surface area contributed by atoms with Crippen LogP contribution in [-0.2, 0) is 0 Å². The summed E-state index contributed by atoms with van der Waals surface area (Å²) in [7, 11) is 3.94. The molecule has 0 spiro atoms. The van der Waals surface area contributed by atoms with Crippen LogP contribution in [0.3, 0.4) is 0 Å². The molecule has 0 aliphatic rings. The topological polar surface area (TPSA) is 58.4 Å². The van der Waals surface area contributed by atoms with Gasteiger partial charge in [0.1, 0.15) is 0 Å². The standard InChI is InChI=1S/C14H23N3O/c1-14(2,9-10-15)16-13(18)11-5-7-12(8-6-11)17(3)4/h5-8H,9-10,15H2,1-4H3,(H,16,18). The number of amides is 1. The molecule has 0 aliphatic heterocycles. The molecule has 1 amide bonds. The molecule has 4 nitrogen and oxygen atoms in total. The fourth-order valence-corrected chi connectivity index (χ4v) is 1.71. The smallest absolute Gasteiger partial charge is 0.251 e. The molecule has 1 aromatic rings. The maximum atomic E-state index is 12.1.